The molecule has 2 N–H and O–H groups in total. The second kappa shape index (κ2) is 7.62. The summed E-state index contributed by atoms with van der Waals surface area (Å²) >= 11 is 1.70. The van der Waals surface area contributed by atoms with Gasteiger partial charge in [-0.2, -0.15) is 0 Å². The fourth-order valence-electron chi connectivity index (χ4n) is 1.16. The van der Waals surface area contributed by atoms with Gasteiger partial charge >= 0.3 is 0 Å². The lowest BCUT2D eigenvalue weighted by Crippen LogP contribution is -2.24. The smallest absolute Gasteiger partial charge is 0.116 e. The first-order valence-corrected chi connectivity index (χ1v) is 6.05. The molecule has 15 heavy (non-hydrogen) atoms. The predicted octanol–water partition coefficient (Wildman–Crippen LogP) is 1.32. The molecule has 1 rings (SSSR count). The summed E-state index contributed by atoms with van der Waals surface area (Å²) in [4.78, 5) is 7.99. The molecule has 0 fully saturated rings. The van der Waals surface area contributed by atoms with Crippen LogP contribution in [0.25, 0.3) is 0 Å². The number of ether oxygens (including phenoxy) is 1. The first-order valence-electron chi connectivity index (χ1n) is 5.07. The molecule has 84 valence electrons. The SMILES string of the molecule is CCOC(CN)CCSc1ccncn1. The predicted molar refractivity (Wildman–Crippen MR) is 61.8 cm³/mol. The second-order valence-corrected chi connectivity index (χ2v) is 4.11. The van der Waals surface area contributed by atoms with Gasteiger partial charge in [0.15, 0.2) is 0 Å². The molecule has 0 aromatic carbocycles. The highest BCUT2D eigenvalue weighted by atomic mass is 32.2. The Morgan fingerprint density at radius 2 is 2.47 bits per heavy atom. The minimum absolute atomic E-state index is 0.171. The van der Waals surface area contributed by atoms with Crippen LogP contribution in [0.3, 0.4) is 0 Å². The second-order valence-electron chi connectivity index (χ2n) is 3.00. The van der Waals surface area contributed by atoms with Crippen LogP contribution in [0.2, 0.25) is 0 Å². The minimum atomic E-state index is 0.171. The Balaban J connectivity index is 2.20. The molecule has 0 saturated carbocycles. The van der Waals surface area contributed by atoms with Gasteiger partial charge in [0.2, 0.25) is 0 Å². The van der Waals surface area contributed by atoms with Gasteiger partial charge in [-0.05, 0) is 19.4 Å². The number of rotatable bonds is 7. The van der Waals surface area contributed by atoms with Gasteiger partial charge in [0.1, 0.15) is 6.33 Å². The third kappa shape index (κ3) is 5.11. The molecule has 0 radical (unpaired) electrons. The zero-order valence-electron chi connectivity index (χ0n) is 8.93. The van der Waals surface area contributed by atoms with Crippen LogP contribution in [-0.2, 0) is 4.74 Å². The van der Waals surface area contributed by atoms with Crippen LogP contribution in [0.1, 0.15) is 13.3 Å². The van der Waals surface area contributed by atoms with Crippen LogP contribution in [0.4, 0.5) is 0 Å². The molecule has 0 bridgehead atoms. The zero-order chi connectivity index (χ0) is 10.9. The summed E-state index contributed by atoms with van der Waals surface area (Å²) in [6.07, 6.45) is 4.44. The average Bonchev–Trinajstić information content (AvgIpc) is 2.29. The third-order valence-electron chi connectivity index (χ3n) is 1.91. The highest BCUT2D eigenvalue weighted by Crippen LogP contribution is 2.15. The largest absolute Gasteiger partial charge is 0.377 e. The molecule has 0 spiro atoms. The van der Waals surface area contributed by atoms with Gasteiger partial charge in [0.05, 0.1) is 11.1 Å². The monoisotopic (exact) mass is 227 g/mol. The first kappa shape index (κ1) is 12.4. The molecular formula is C10H17N3OS. The minimum Gasteiger partial charge on any atom is -0.377 e. The maximum atomic E-state index is 5.58. The maximum Gasteiger partial charge on any atom is 0.116 e. The van der Waals surface area contributed by atoms with E-state index in [0.717, 1.165) is 23.8 Å². The van der Waals surface area contributed by atoms with E-state index in [9.17, 15) is 0 Å². The summed E-state index contributed by atoms with van der Waals surface area (Å²) in [5.41, 5.74) is 5.58. The van der Waals surface area contributed by atoms with Crippen molar-refractivity contribution in [1.82, 2.24) is 9.97 Å². The summed E-state index contributed by atoms with van der Waals surface area (Å²) in [5, 5.41) is 0.997. The Hall–Kier alpha value is -0.650. The molecule has 4 nitrogen and oxygen atoms in total. The zero-order valence-corrected chi connectivity index (χ0v) is 9.74. The number of nitrogens with two attached hydrogens (primary N) is 1. The fourth-order valence-corrected chi connectivity index (χ4v) is 2.03. The Morgan fingerprint density at radius 1 is 1.60 bits per heavy atom. The van der Waals surface area contributed by atoms with E-state index in [-0.39, 0.29) is 6.10 Å². The molecule has 5 heteroatoms. The summed E-state index contributed by atoms with van der Waals surface area (Å²) < 4.78 is 5.46. The van der Waals surface area contributed by atoms with E-state index < -0.39 is 0 Å². The highest BCUT2D eigenvalue weighted by molar-refractivity contribution is 7.99. The highest BCUT2D eigenvalue weighted by Gasteiger charge is 2.05. The first-order chi connectivity index (χ1) is 7.36. The third-order valence-corrected chi connectivity index (χ3v) is 2.89. The number of hydrogen-bond acceptors (Lipinski definition) is 5. The van der Waals surface area contributed by atoms with Gasteiger partial charge in [-0.1, -0.05) is 0 Å². The lowest BCUT2D eigenvalue weighted by Gasteiger charge is -2.13. The molecule has 1 unspecified atom stereocenters. The van der Waals surface area contributed by atoms with Crippen LogP contribution in [0.5, 0.6) is 0 Å². The van der Waals surface area contributed by atoms with Crippen molar-refractivity contribution < 1.29 is 4.74 Å². The van der Waals surface area contributed by atoms with Crippen molar-refractivity contribution in [3.8, 4) is 0 Å². The molecule has 0 aliphatic rings. The Labute approximate surface area is 94.6 Å². The molecule has 1 atom stereocenters. The van der Waals surface area contributed by atoms with E-state index in [1.54, 1.807) is 24.3 Å². The van der Waals surface area contributed by atoms with Crippen molar-refractivity contribution in [3.05, 3.63) is 18.6 Å². The lowest BCUT2D eigenvalue weighted by atomic mass is 10.3. The number of nitrogens with zero attached hydrogens (tertiary/aromatic N) is 2. The van der Waals surface area contributed by atoms with E-state index in [2.05, 4.69) is 9.97 Å². The van der Waals surface area contributed by atoms with E-state index in [4.69, 9.17) is 10.5 Å². The van der Waals surface area contributed by atoms with Crippen molar-refractivity contribution >= 4 is 11.8 Å². The number of thioether (sulfide) groups is 1. The van der Waals surface area contributed by atoms with E-state index in [1.807, 2.05) is 13.0 Å². The van der Waals surface area contributed by atoms with Crippen LogP contribution in [0, 0.1) is 0 Å². The van der Waals surface area contributed by atoms with Crippen LogP contribution < -0.4 is 5.73 Å². The molecule has 0 aliphatic heterocycles. The quantitative estimate of drug-likeness (QED) is 0.562. The summed E-state index contributed by atoms with van der Waals surface area (Å²) in [6, 6.07) is 1.91. The lowest BCUT2D eigenvalue weighted by molar-refractivity contribution is 0.0674. The van der Waals surface area contributed by atoms with Gasteiger partial charge < -0.3 is 10.5 Å². The Bertz CT molecular complexity index is 258. The molecule has 0 saturated heterocycles. The normalized spacial score (nSPS) is 12.7. The fraction of sp³-hybridized carbons (Fsp3) is 0.600. The standard InChI is InChI=1S/C10H17N3OS/c1-2-14-9(7-11)4-6-15-10-3-5-12-8-13-10/h3,5,8-9H,2,4,6-7,11H2,1H3. The van der Waals surface area contributed by atoms with E-state index in [0.29, 0.717) is 6.54 Å². The van der Waals surface area contributed by atoms with Gasteiger partial charge in [-0.15, -0.1) is 11.8 Å². The topological polar surface area (TPSA) is 61.0 Å². The van der Waals surface area contributed by atoms with Gasteiger partial charge in [-0.3, -0.25) is 0 Å². The van der Waals surface area contributed by atoms with Crippen molar-refractivity contribution in [2.24, 2.45) is 5.73 Å². The maximum absolute atomic E-state index is 5.58. The molecule has 0 amide bonds. The molecule has 1 aromatic heterocycles. The van der Waals surface area contributed by atoms with Gasteiger partial charge in [-0.25, -0.2) is 9.97 Å². The summed E-state index contributed by atoms with van der Waals surface area (Å²) in [7, 11) is 0. The van der Waals surface area contributed by atoms with E-state index in [1.165, 1.54) is 0 Å². The van der Waals surface area contributed by atoms with Crippen molar-refractivity contribution in [2.75, 3.05) is 18.9 Å². The van der Waals surface area contributed by atoms with Crippen LogP contribution >= 0.6 is 11.8 Å². The van der Waals surface area contributed by atoms with Gasteiger partial charge in [0.25, 0.3) is 0 Å². The molecule has 1 heterocycles. The van der Waals surface area contributed by atoms with Crippen LogP contribution in [0.15, 0.2) is 23.6 Å². The van der Waals surface area contributed by atoms with E-state index >= 15 is 0 Å². The van der Waals surface area contributed by atoms with Gasteiger partial charge in [0, 0.05) is 25.1 Å². The molecule has 0 aliphatic carbocycles. The Morgan fingerprint density at radius 3 is 3.07 bits per heavy atom. The Kier molecular flexibility index (Phi) is 6.31. The van der Waals surface area contributed by atoms with Crippen molar-refractivity contribution in [2.45, 2.75) is 24.5 Å². The molecule has 1 aromatic rings. The number of aromatic nitrogens is 2. The molecular weight excluding hydrogens is 210 g/mol. The summed E-state index contributed by atoms with van der Waals surface area (Å²) in [5.74, 6) is 0.971. The average molecular weight is 227 g/mol. The van der Waals surface area contributed by atoms with Crippen molar-refractivity contribution in [3.63, 3.8) is 0 Å². The summed E-state index contributed by atoms with van der Waals surface area (Å²) in [6.45, 7) is 3.29. The van der Waals surface area contributed by atoms with Crippen molar-refractivity contribution in [1.29, 1.82) is 0 Å². The number of hydrogen-bond donors (Lipinski definition) is 1. The van der Waals surface area contributed by atoms with Crippen LogP contribution in [-0.4, -0.2) is 35.0 Å².